The molecule has 1 rings (SSSR count). The van der Waals surface area contributed by atoms with Crippen molar-refractivity contribution in [3.8, 4) is 11.8 Å². The monoisotopic (exact) mass is 168 g/mol. The molecular formula is C13H12. The molecule has 0 fully saturated rings. The second-order valence-electron chi connectivity index (χ2n) is 2.63. The van der Waals surface area contributed by atoms with E-state index in [1.165, 1.54) is 0 Å². The van der Waals surface area contributed by atoms with Crippen molar-refractivity contribution < 1.29 is 0 Å². The van der Waals surface area contributed by atoms with Gasteiger partial charge in [0.15, 0.2) is 0 Å². The van der Waals surface area contributed by atoms with E-state index in [0.717, 1.165) is 16.7 Å². The minimum atomic E-state index is 1.02. The zero-order valence-corrected chi connectivity index (χ0v) is 7.80. The molecule has 0 bridgehead atoms. The number of hydrogen-bond donors (Lipinski definition) is 0. The lowest BCUT2D eigenvalue weighted by atomic mass is 10.0. The van der Waals surface area contributed by atoms with Crippen LogP contribution in [0.5, 0.6) is 0 Å². The molecule has 0 aliphatic carbocycles. The van der Waals surface area contributed by atoms with Crippen LogP contribution < -0.4 is 0 Å². The predicted molar refractivity (Wildman–Crippen MR) is 59.2 cm³/mol. The van der Waals surface area contributed by atoms with E-state index in [-0.39, 0.29) is 0 Å². The second-order valence-corrected chi connectivity index (χ2v) is 2.63. The van der Waals surface area contributed by atoms with E-state index < -0.39 is 0 Å². The molecular weight excluding hydrogens is 156 g/mol. The first-order valence-electron chi connectivity index (χ1n) is 4.13. The maximum absolute atomic E-state index is 3.74. The summed E-state index contributed by atoms with van der Waals surface area (Å²) in [6, 6.07) is 6.00. The van der Waals surface area contributed by atoms with Gasteiger partial charge in [0.2, 0.25) is 0 Å². The van der Waals surface area contributed by atoms with Crippen LogP contribution in [0.15, 0.2) is 31.4 Å². The molecule has 0 atom stereocenters. The first-order valence-corrected chi connectivity index (χ1v) is 4.13. The summed E-state index contributed by atoms with van der Waals surface area (Å²) in [5, 5.41) is 0. The highest BCUT2D eigenvalue weighted by Crippen LogP contribution is 2.13. The highest BCUT2D eigenvalue weighted by Gasteiger charge is 1.95. The molecule has 1 aromatic carbocycles. The van der Waals surface area contributed by atoms with E-state index in [9.17, 15) is 0 Å². The molecule has 0 N–H and O–H groups in total. The lowest BCUT2D eigenvalue weighted by Gasteiger charge is -2.00. The highest BCUT2D eigenvalue weighted by molar-refractivity contribution is 5.65. The number of benzene rings is 1. The smallest absolute Gasteiger partial charge is 0.0251 e. The standard InChI is InChI=1S/C13H12/c1-4-7-11-8-9-12(5-2)13(6-3)10-11/h5-6,8-10H,2-3H2,1H3. The van der Waals surface area contributed by atoms with Crippen LogP contribution in [-0.4, -0.2) is 0 Å². The topological polar surface area (TPSA) is 0 Å². The zero-order valence-electron chi connectivity index (χ0n) is 7.80. The Kier molecular flexibility index (Phi) is 3.11. The molecule has 0 heteroatoms. The van der Waals surface area contributed by atoms with Crippen LogP contribution in [0.2, 0.25) is 0 Å². The van der Waals surface area contributed by atoms with Crippen molar-refractivity contribution in [1.29, 1.82) is 0 Å². The van der Waals surface area contributed by atoms with Gasteiger partial charge in [-0.1, -0.05) is 37.3 Å². The molecule has 0 amide bonds. The summed E-state index contributed by atoms with van der Waals surface area (Å²) >= 11 is 0. The van der Waals surface area contributed by atoms with Gasteiger partial charge in [0.1, 0.15) is 0 Å². The Hall–Kier alpha value is -1.74. The summed E-state index contributed by atoms with van der Waals surface area (Å²) in [7, 11) is 0. The van der Waals surface area contributed by atoms with E-state index in [1.54, 1.807) is 0 Å². The molecule has 64 valence electrons. The molecule has 0 aliphatic heterocycles. The summed E-state index contributed by atoms with van der Waals surface area (Å²) < 4.78 is 0. The van der Waals surface area contributed by atoms with Crippen molar-refractivity contribution in [2.75, 3.05) is 0 Å². The molecule has 0 heterocycles. The quantitative estimate of drug-likeness (QED) is 0.594. The van der Waals surface area contributed by atoms with E-state index in [1.807, 2.05) is 37.3 Å². The van der Waals surface area contributed by atoms with E-state index in [2.05, 4.69) is 25.0 Å². The molecule has 0 saturated carbocycles. The molecule has 13 heavy (non-hydrogen) atoms. The molecule has 0 nitrogen and oxygen atoms in total. The Morgan fingerprint density at radius 1 is 1.15 bits per heavy atom. The normalized spacial score (nSPS) is 8.38. The van der Waals surface area contributed by atoms with Crippen molar-refractivity contribution in [3.05, 3.63) is 48.0 Å². The maximum atomic E-state index is 3.74. The van der Waals surface area contributed by atoms with Crippen LogP contribution in [-0.2, 0) is 0 Å². The summed E-state index contributed by atoms with van der Waals surface area (Å²) in [6.45, 7) is 9.30. The molecule has 0 spiro atoms. The van der Waals surface area contributed by atoms with E-state index >= 15 is 0 Å². The van der Waals surface area contributed by atoms with Gasteiger partial charge in [0.25, 0.3) is 0 Å². The van der Waals surface area contributed by atoms with Crippen LogP contribution >= 0.6 is 0 Å². The van der Waals surface area contributed by atoms with Crippen molar-refractivity contribution in [1.82, 2.24) is 0 Å². The largest absolute Gasteiger partial charge is 0.101 e. The molecule has 0 radical (unpaired) electrons. The Bertz CT molecular complexity index is 386. The summed E-state index contributed by atoms with van der Waals surface area (Å²) in [4.78, 5) is 0. The summed E-state index contributed by atoms with van der Waals surface area (Å²) in [5.41, 5.74) is 3.19. The number of hydrogen-bond acceptors (Lipinski definition) is 0. The molecule has 0 unspecified atom stereocenters. The third-order valence-electron chi connectivity index (χ3n) is 1.80. The molecule has 0 aromatic heterocycles. The Morgan fingerprint density at radius 2 is 1.85 bits per heavy atom. The van der Waals surface area contributed by atoms with Gasteiger partial charge < -0.3 is 0 Å². The predicted octanol–water partition coefficient (Wildman–Crippen LogP) is 3.34. The van der Waals surface area contributed by atoms with Crippen molar-refractivity contribution >= 4 is 12.2 Å². The molecule has 0 aliphatic rings. The van der Waals surface area contributed by atoms with Crippen molar-refractivity contribution in [2.24, 2.45) is 0 Å². The lowest BCUT2D eigenvalue weighted by molar-refractivity contribution is 1.57. The zero-order chi connectivity index (χ0) is 9.68. The van der Waals surface area contributed by atoms with Gasteiger partial charge in [-0.15, -0.1) is 5.92 Å². The maximum Gasteiger partial charge on any atom is 0.0251 e. The molecule has 1 aromatic rings. The van der Waals surface area contributed by atoms with Gasteiger partial charge in [-0.05, 0) is 30.2 Å². The second kappa shape index (κ2) is 4.33. The fourth-order valence-electron chi connectivity index (χ4n) is 1.16. The first kappa shape index (κ1) is 9.35. The first-order chi connectivity index (χ1) is 6.31. The van der Waals surface area contributed by atoms with Gasteiger partial charge in [0.05, 0.1) is 0 Å². The van der Waals surface area contributed by atoms with Gasteiger partial charge in [-0.2, -0.15) is 0 Å². The third kappa shape index (κ3) is 2.10. The minimum absolute atomic E-state index is 1.02. The van der Waals surface area contributed by atoms with Gasteiger partial charge in [0, 0.05) is 5.56 Å². The van der Waals surface area contributed by atoms with E-state index in [0.29, 0.717) is 0 Å². The SMILES string of the molecule is C=Cc1ccc(C#CC)cc1C=C. The van der Waals surface area contributed by atoms with Crippen LogP contribution in [0.3, 0.4) is 0 Å². The van der Waals surface area contributed by atoms with Crippen molar-refractivity contribution in [3.63, 3.8) is 0 Å². The third-order valence-corrected chi connectivity index (χ3v) is 1.80. The fourth-order valence-corrected chi connectivity index (χ4v) is 1.16. The highest BCUT2D eigenvalue weighted by atomic mass is 14.0. The molecule has 0 saturated heterocycles. The van der Waals surface area contributed by atoms with Crippen LogP contribution in [0, 0.1) is 11.8 Å². The Labute approximate surface area is 79.6 Å². The lowest BCUT2D eigenvalue weighted by Crippen LogP contribution is -1.82. The number of rotatable bonds is 2. The van der Waals surface area contributed by atoms with Gasteiger partial charge >= 0.3 is 0 Å². The van der Waals surface area contributed by atoms with Gasteiger partial charge in [-0.3, -0.25) is 0 Å². The van der Waals surface area contributed by atoms with Crippen molar-refractivity contribution in [2.45, 2.75) is 6.92 Å². The Morgan fingerprint density at radius 3 is 2.38 bits per heavy atom. The average Bonchev–Trinajstić information content (AvgIpc) is 2.18. The minimum Gasteiger partial charge on any atom is -0.101 e. The van der Waals surface area contributed by atoms with Crippen LogP contribution in [0.1, 0.15) is 23.6 Å². The van der Waals surface area contributed by atoms with Crippen LogP contribution in [0.4, 0.5) is 0 Å². The van der Waals surface area contributed by atoms with Crippen LogP contribution in [0.25, 0.3) is 12.2 Å². The average molecular weight is 168 g/mol. The van der Waals surface area contributed by atoms with E-state index in [4.69, 9.17) is 0 Å². The fraction of sp³-hybridized carbons (Fsp3) is 0.0769. The summed E-state index contributed by atoms with van der Waals surface area (Å²) in [5.74, 6) is 5.86. The Balaban J connectivity index is 3.25. The summed E-state index contributed by atoms with van der Waals surface area (Å²) in [6.07, 6.45) is 3.64. The van der Waals surface area contributed by atoms with Gasteiger partial charge in [-0.25, -0.2) is 0 Å².